The summed E-state index contributed by atoms with van der Waals surface area (Å²) in [6.45, 7) is 4.85. The predicted octanol–water partition coefficient (Wildman–Crippen LogP) is 2.51. The van der Waals surface area contributed by atoms with Gasteiger partial charge in [-0.2, -0.15) is 0 Å². The van der Waals surface area contributed by atoms with Crippen LogP contribution in [0.3, 0.4) is 0 Å². The van der Waals surface area contributed by atoms with Gasteiger partial charge < -0.3 is 14.6 Å². The van der Waals surface area contributed by atoms with Gasteiger partial charge in [0.15, 0.2) is 5.16 Å². The zero-order chi connectivity index (χ0) is 18.1. The largest absolute Gasteiger partial charge is 0.466 e. The molecule has 0 radical (unpaired) electrons. The molecule has 0 unspecified atom stereocenters. The first-order valence-corrected chi connectivity index (χ1v) is 10.1. The molecule has 1 aliphatic rings. The Bertz CT molecular complexity index is 570. The van der Waals surface area contributed by atoms with E-state index < -0.39 is 0 Å². The van der Waals surface area contributed by atoms with Crippen LogP contribution in [-0.2, 0) is 20.7 Å². The second-order valence-corrected chi connectivity index (χ2v) is 7.12. The van der Waals surface area contributed by atoms with Gasteiger partial charge in [0.25, 0.3) is 0 Å². The molecular formula is C17H28N4O3S. The van der Waals surface area contributed by atoms with Crippen LogP contribution in [0.4, 0.5) is 0 Å². The number of aromatic nitrogens is 3. The SMILES string of the molecule is CCCNC(=O)CSc1nnc(CC(=O)OCC)n1C1CCCCC1. The molecule has 0 saturated heterocycles. The van der Waals surface area contributed by atoms with Gasteiger partial charge in [0.1, 0.15) is 12.2 Å². The van der Waals surface area contributed by atoms with E-state index in [0.717, 1.165) is 24.4 Å². The minimum absolute atomic E-state index is 0.00279. The van der Waals surface area contributed by atoms with Crippen LogP contribution in [0.25, 0.3) is 0 Å². The number of carbonyl (C=O) groups excluding carboxylic acids is 2. The fourth-order valence-electron chi connectivity index (χ4n) is 3.02. The first-order chi connectivity index (χ1) is 12.2. The Morgan fingerprint density at radius 3 is 2.68 bits per heavy atom. The zero-order valence-corrected chi connectivity index (χ0v) is 15.9. The van der Waals surface area contributed by atoms with Crippen molar-refractivity contribution < 1.29 is 14.3 Å². The lowest BCUT2D eigenvalue weighted by atomic mass is 9.95. The standard InChI is InChI=1S/C17H28N4O3S/c1-3-10-18-15(22)12-25-17-20-19-14(11-16(23)24-4-2)21(17)13-8-6-5-7-9-13/h13H,3-12H2,1-2H3,(H,18,22). The third-order valence-corrected chi connectivity index (χ3v) is 5.13. The molecule has 1 amide bonds. The predicted molar refractivity (Wildman–Crippen MR) is 96.5 cm³/mol. The molecule has 2 rings (SSSR count). The summed E-state index contributed by atoms with van der Waals surface area (Å²) >= 11 is 1.39. The van der Waals surface area contributed by atoms with Crippen LogP contribution in [0.5, 0.6) is 0 Å². The number of esters is 1. The van der Waals surface area contributed by atoms with Crippen LogP contribution in [0.1, 0.15) is 64.2 Å². The Labute approximate surface area is 153 Å². The Balaban J connectivity index is 2.10. The lowest BCUT2D eigenvalue weighted by Gasteiger charge is -2.25. The lowest BCUT2D eigenvalue weighted by molar-refractivity contribution is -0.142. The number of thioether (sulfide) groups is 1. The molecule has 1 aliphatic carbocycles. The molecule has 1 aromatic rings. The van der Waals surface area contributed by atoms with E-state index >= 15 is 0 Å². The number of ether oxygens (including phenoxy) is 1. The number of amides is 1. The van der Waals surface area contributed by atoms with Gasteiger partial charge in [-0.05, 0) is 26.2 Å². The van der Waals surface area contributed by atoms with Gasteiger partial charge in [-0.1, -0.05) is 37.9 Å². The maximum atomic E-state index is 11.9. The van der Waals surface area contributed by atoms with Crippen LogP contribution in [-0.4, -0.2) is 45.5 Å². The van der Waals surface area contributed by atoms with Crippen molar-refractivity contribution in [3.05, 3.63) is 5.82 Å². The summed E-state index contributed by atoms with van der Waals surface area (Å²) in [5.41, 5.74) is 0. The molecule has 1 fully saturated rings. The van der Waals surface area contributed by atoms with Gasteiger partial charge in [0.05, 0.1) is 12.4 Å². The van der Waals surface area contributed by atoms with Crippen molar-refractivity contribution in [3.8, 4) is 0 Å². The molecule has 1 heterocycles. The molecule has 25 heavy (non-hydrogen) atoms. The average Bonchev–Trinajstić information content (AvgIpc) is 3.01. The fourth-order valence-corrected chi connectivity index (χ4v) is 3.87. The Hall–Kier alpha value is -1.57. The quantitative estimate of drug-likeness (QED) is 0.532. The second-order valence-electron chi connectivity index (χ2n) is 6.18. The van der Waals surface area contributed by atoms with Gasteiger partial charge in [0.2, 0.25) is 5.91 Å². The maximum Gasteiger partial charge on any atom is 0.313 e. The van der Waals surface area contributed by atoms with Crippen molar-refractivity contribution in [3.63, 3.8) is 0 Å². The number of hydrogen-bond donors (Lipinski definition) is 1. The minimum Gasteiger partial charge on any atom is -0.466 e. The number of nitrogens with one attached hydrogen (secondary N) is 1. The van der Waals surface area contributed by atoms with Crippen molar-refractivity contribution in [2.75, 3.05) is 18.9 Å². The molecule has 0 spiro atoms. The number of nitrogens with zero attached hydrogens (tertiary/aromatic N) is 3. The Kier molecular flexibility index (Phi) is 8.24. The van der Waals surface area contributed by atoms with Crippen LogP contribution in [0.15, 0.2) is 5.16 Å². The summed E-state index contributed by atoms with van der Waals surface area (Å²) < 4.78 is 7.11. The maximum absolute atomic E-state index is 11.9. The van der Waals surface area contributed by atoms with E-state index in [1.165, 1.54) is 31.0 Å². The van der Waals surface area contributed by atoms with E-state index in [1.54, 1.807) is 6.92 Å². The minimum atomic E-state index is -0.288. The van der Waals surface area contributed by atoms with Gasteiger partial charge in [-0.3, -0.25) is 9.59 Å². The van der Waals surface area contributed by atoms with Crippen LogP contribution >= 0.6 is 11.8 Å². The van der Waals surface area contributed by atoms with Crippen molar-refractivity contribution in [1.29, 1.82) is 0 Å². The summed E-state index contributed by atoms with van der Waals surface area (Å²) in [5, 5.41) is 12.0. The van der Waals surface area contributed by atoms with Crippen molar-refractivity contribution in [2.24, 2.45) is 0 Å². The Morgan fingerprint density at radius 2 is 2.00 bits per heavy atom. The molecule has 0 aliphatic heterocycles. The molecule has 0 bridgehead atoms. The monoisotopic (exact) mass is 368 g/mol. The van der Waals surface area contributed by atoms with Gasteiger partial charge in [-0.15, -0.1) is 10.2 Å². The molecular weight excluding hydrogens is 340 g/mol. The first kappa shape index (κ1) is 19.8. The van der Waals surface area contributed by atoms with E-state index in [2.05, 4.69) is 20.1 Å². The van der Waals surface area contributed by atoms with E-state index in [0.29, 0.717) is 30.8 Å². The molecule has 1 saturated carbocycles. The number of hydrogen-bond acceptors (Lipinski definition) is 6. The van der Waals surface area contributed by atoms with Crippen LogP contribution < -0.4 is 5.32 Å². The average molecular weight is 369 g/mol. The van der Waals surface area contributed by atoms with Gasteiger partial charge in [0, 0.05) is 12.6 Å². The van der Waals surface area contributed by atoms with E-state index in [1.807, 2.05) is 6.92 Å². The van der Waals surface area contributed by atoms with Crippen molar-refractivity contribution in [2.45, 2.75) is 70.0 Å². The van der Waals surface area contributed by atoms with Crippen LogP contribution in [0.2, 0.25) is 0 Å². The molecule has 1 aromatic heterocycles. The summed E-state index contributed by atoms with van der Waals surface area (Å²) in [7, 11) is 0. The smallest absolute Gasteiger partial charge is 0.313 e. The molecule has 1 N–H and O–H groups in total. The number of rotatable bonds is 9. The summed E-state index contributed by atoms with van der Waals surface area (Å²) in [6, 6.07) is 0.300. The highest BCUT2D eigenvalue weighted by atomic mass is 32.2. The van der Waals surface area contributed by atoms with Gasteiger partial charge >= 0.3 is 5.97 Å². The first-order valence-electron chi connectivity index (χ1n) is 9.14. The molecule has 0 aromatic carbocycles. The topological polar surface area (TPSA) is 86.1 Å². The molecule has 8 heteroatoms. The van der Waals surface area contributed by atoms with E-state index in [-0.39, 0.29) is 18.3 Å². The van der Waals surface area contributed by atoms with Crippen LogP contribution in [0, 0.1) is 0 Å². The third kappa shape index (κ3) is 6.02. The molecule has 0 atom stereocenters. The van der Waals surface area contributed by atoms with E-state index in [9.17, 15) is 9.59 Å². The highest BCUT2D eigenvalue weighted by Crippen LogP contribution is 2.32. The summed E-state index contributed by atoms with van der Waals surface area (Å²) in [5.74, 6) is 0.660. The molecule has 140 valence electrons. The Morgan fingerprint density at radius 1 is 1.24 bits per heavy atom. The second kappa shape index (κ2) is 10.4. The molecule has 7 nitrogen and oxygen atoms in total. The highest BCUT2D eigenvalue weighted by Gasteiger charge is 2.24. The van der Waals surface area contributed by atoms with Crippen molar-refractivity contribution >= 4 is 23.6 Å². The van der Waals surface area contributed by atoms with E-state index in [4.69, 9.17) is 4.74 Å². The third-order valence-electron chi connectivity index (χ3n) is 4.19. The summed E-state index contributed by atoms with van der Waals surface area (Å²) in [4.78, 5) is 23.7. The highest BCUT2D eigenvalue weighted by molar-refractivity contribution is 7.99. The normalized spacial score (nSPS) is 15.1. The summed E-state index contributed by atoms with van der Waals surface area (Å²) in [6.07, 6.45) is 6.74. The van der Waals surface area contributed by atoms with Crippen molar-refractivity contribution in [1.82, 2.24) is 20.1 Å². The van der Waals surface area contributed by atoms with Gasteiger partial charge in [-0.25, -0.2) is 0 Å². The number of carbonyl (C=O) groups is 2. The zero-order valence-electron chi connectivity index (χ0n) is 15.1. The fraction of sp³-hybridized carbons (Fsp3) is 0.765. The lowest BCUT2D eigenvalue weighted by Crippen LogP contribution is -2.26.